The molecule has 1 N–H and O–H groups in total. The topological polar surface area (TPSA) is 42.7 Å². The van der Waals surface area contributed by atoms with E-state index in [0.717, 1.165) is 16.7 Å². The van der Waals surface area contributed by atoms with Gasteiger partial charge in [0.2, 0.25) is 0 Å². The molecule has 114 valence electrons. The summed E-state index contributed by atoms with van der Waals surface area (Å²) in [7, 11) is 4.01. The van der Waals surface area contributed by atoms with Crippen molar-refractivity contribution in [3.05, 3.63) is 41.2 Å². The average Bonchev–Trinajstić information content (AvgIpc) is 2.80. The Hall–Kier alpha value is -1.33. The van der Waals surface area contributed by atoms with Gasteiger partial charge in [0.15, 0.2) is 5.16 Å². The van der Waals surface area contributed by atoms with Crippen molar-refractivity contribution >= 4 is 11.8 Å². The second-order valence-electron chi connectivity index (χ2n) is 5.56. The first kappa shape index (κ1) is 16.0. The zero-order chi connectivity index (χ0) is 15.4. The van der Waals surface area contributed by atoms with E-state index in [4.69, 9.17) is 0 Å². The first-order valence-corrected chi connectivity index (χ1v) is 8.27. The van der Waals surface area contributed by atoms with Crippen LogP contribution in [0.15, 0.2) is 29.4 Å². The van der Waals surface area contributed by atoms with E-state index in [1.807, 2.05) is 25.6 Å². The summed E-state index contributed by atoms with van der Waals surface area (Å²) in [5.41, 5.74) is 2.69. The predicted octanol–water partition coefficient (Wildman–Crippen LogP) is 3.30. The van der Waals surface area contributed by atoms with Gasteiger partial charge in [-0.15, -0.1) is 10.2 Å². The van der Waals surface area contributed by atoms with Gasteiger partial charge in [0, 0.05) is 18.8 Å². The van der Waals surface area contributed by atoms with E-state index in [1.54, 1.807) is 11.8 Å². The predicted molar refractivity (Wildman–Crippen MR) is 88.8 cm³/mol. The molecule has 0 saturated carbocycles. The molecule has 1 aromatic carbocycles. The number of hydrogen-bond donors (Lipinski definition) is 1. The second kappa shape index (κ2) is 7.09. The van der Waals surface area contributed by atoms with E-state index in [-0.39, 0.29) is 0 Å². The van der Waals surface area contributed by atoms with E-state index >= 15 is 0 Å². The van der Waals surface area contributed by atoms with Crippen LogP contribution in [-0.2, 0) is 7.05 Å². The smallest absolute Gasteiger partial charge is 0.191 e. The first-order valence-electron chi connectivity index (χ1n) is 7.28. The maximum Gasteiger partial charge on any atom is 0.191 e. The molecule has 21 heavy (non-hydrogen) atoms. The number of aryl methyl sites for hydroxylation is 1. The third-order valence-corrected chi connectivity index (χ3v) is 4.90. The van der Waals surface area contributed by atoms with Crippen LogP contribution in [0, 0.1) is 6.92 Å². The van der Waals surface area contributed by atoms with Crippen molar-refractivity contribution in [2.45, 2.75) is 37.9 Å². The van der Waals surface area contributed by atoms with Gasteiger partial charge in [0.05, 0.1) is 0 Å². The van der Waals surface area contributed by atoms with Crippen molar-refractivity contribution in [3.63, 3.8) is 0 Å². The second-order valence-corrected chi connectivity index (χ2v) is 6.55. The van der Waals surface area contributed by atoms with Gasteiger partial charge < -0.3 is 9.88 Å². The van der Waals surface area contributed by atoms with Crippen LogP contribution in [0.1, 0.15) is 42.8 Å². The Balaban J connectivity index is 2.04. The van der Waals surface area contributed by atoms with Crippen LogP contribution in [0.25, 0.3) is 0 Å². The summed E-state index contributed by atoms with van der Waals surface area (Å²) >= 11 is 1.73. The highest BCUT2D eigenvalue weighted by Gasteiger charge is 2.13. The normalized spacial score (nSPS) is 12.9. The van der Waals surface area contributed by atoms with Crippen LogP contribution in [0.3, 0.4) is 0 Å². The van der Waals surface area contributed by atoms with Gasteiger partial charge >= 0.3 is 0 Å². The molecule has 2 aromatic rings. The summed E-state index contributed by atoms with van der Waals surface area (Å²) in [6, 6.07) is 9.20. The Morgan fingerprint density at radius 1 is 1.14 bits per heavy atom. The van der Waals surface area contributed by atoms with Gasteiger partial charge in [-0.05, 0) is 31.0 Å². The summed E-state index contributed by atoms with van der Waals surface area (Å²) < 4.78 is 2.03. The van der Waals surface area contributed by atoms with Gasteiger partial charge in [0.25, 0.3) is 0 Å². The van der Waals surface area contributed by atoms with Crippen LogP contribution in [0.2, 0.25) is 0 Å². The molecule has 2 rings (SSSR count). The fraction of sp³-hybridized carbons (Fsp3) is 0.500. The first-order chi connectivity index (χ1) is 10.0. The molecule has 0 aliphatic carbocycles. The molecule has 0 radical (unpaired) electrons. The van der Waals surface area contributed by atoms with Gasteiger partial charge in [-0.2, -0.15) is 0 Å². The third kappa shape index (κ3) is 3.86. The molecule has 4 nitrogen and oxygen atoms in total. The highest BCUT2D eigenvalue weighted by molar-refractivity contribution is 7.99. The zero-order valence-corrected chi connectivity index (χ0v) is 14.2. The number of hydrogen-bond acceptors (Lipinski definition) is 4. The molecule has 1 unspecified atom stereocenters. The lowest BCUT2D eigenvalue weighted by molar-refractivity contribution is 0.658. The molecule has 0 spiro atoms. The SMILES string of the molecule is CNC(CSc1nnc(C)n1C)c1ccc(C(C)C)cc1. The largest absolute Gasteiger partial charge is 0.312 e. The number of nitrogens with one attached hydrogen (secondary N) is 1. The van der Waals surface area contributed by atoms with Crippen molar-refractivity contribution in [1.82, 2.24) is 20.1 Å². The van der Waals surface area contributed by atoms with E-state index in [0.29, 0.717) is 12.0 Å². The summed E-state index contributed by atoms with van der Waals surface area (Å²) in [4.78, 5) is 0. The number of rotatable bonds is 6. The van der Waals surface area contributed by atoms with Crippen LogP contribution < -0.4 is 5.32 Å². The molecule has 0 bridgehead atoms. The number of thioether (sulfide) groups is 1. The van der Waals surface area contributed by atoms with Gasteiger partial charge in [0.1, 0.15) is 5.82 Å². The lowest BCUT2D eigenvalue weighted by atomic mass is 10.00. The zero-order valence-electron chi connectivity index (χ0n) is 13.4. The maximum atomic E-state index is 4.20. The number of aromatic nitrogens is 3. The third-order valence-electron chi connectivity index (χ3n) is 3.79. The van der Waals surface area contributed by atoms with Crippen LogP contribution in [0.4, 0.5) is 0 Å². The summed E-state index contributed by atoms with van der Waals surface area (Å²) in [5.74, 6) is 2.45. The monoisotopic (exact) mass is 304 g/mol. The molecule has 0 aliphatic rings. The minimum atomic E-state index is 0.313. The average molecular weight is 304 g/mol. The molecule has 1 atom stereocenters. The molecule has 0 saturated heterocycles. The van der Waals surface area contributed by atoms with Gasteiger partial charge in [-0.1, -0.05) is 49.9 Å². The van der Waals surface area contributed by atoms with Crippen molar-refractivity contribution in [1.29, 1.82) is 0 Å². The van der Waals surface area contributed by atoms with E-state index in [1.165, 1.54) is 11.1 Å². The van der Waals surface area contributed by atoms with Gasteiger partial charge in [-0.3, -0.25) is 0 Å². The number of benzene rings is 1. The molecule has 0 fully saturated rings. The van der Waals surface area contributed by atoms with Crippen molar-refractivity contribution in [2.24, 2.45) is 7.05 Å². The molecule has 0 amide bonds. The molecule has 1 heterocycles. The lowest BCUT2D eigenvalue weighted by Gasteiger charge is -2.17. The standard InChI is InChI=1S/C16H24N4S/c1-11(2)13-6-8-14(9-7-13)15(17-4)10-21-16-19-18-12(3)20(16)5/h6-9,11,15,17H,10H2,1-5H3. The lowest BCUT2D eigenvalue weighted by Crippen LogP contribution is -2.19. The van der Waals surface area contributed by atoms with Crippen molar-refractivity contribution < 1.29 is 0 Å². The van der Waals surface area contributed by atoms with Gasteiger partial charge in [-0.25, -0.2) is 0 Å². The minimum absolute atomic E-state index is 0.313. The number of nitrogens with zero attached hydrogens (tertiary/aromatic N) is 3. The quantitative estimate of drug-likeness (QED) is 0.832. The molecular weight excluding hydrogens is 280 g/mol. The Morgan fingerprint density at radius 2 is 1.76 bits per heavy atom. The minimum Gasteiger partial charge on any atom is -0.312 e. The van der Waals surface area contributed by atoms with E-state index in [9.17, 15) is 0 Å². The van der Waals surface area contributed by atoms with Crippen LogP contribution in [0.5, 0.6) is 0 Å². The van der Waals surface area contributed by atoms with Crippen molar-refractivity contribution in [2.75, 3.05) is 12.8 Å². The van der Waals surface area contributed by atoms with E-state index < -0.39 is 0 Å². The van der Waals surface area contributed by atoms with Crippen molar-refractivity contribution in [3.8, 4) is 0 Å². The molecular formula is C16H24N4S. The Morgan fingerprint density at radius 3 is 2.24 bits per heavy atom. The Bertz CT molecular complexity index is 574. The fourth-order valence-electron chi connectivity index (χ4n) is 2.13. The Kier molecular flexibility index (Phi) is 5.42. The highest BCUT2D eigenvalue weighted by atomic mass is 32.2. The maximum absolute atomic E-state index is 4.20. The molecule has 0 aliphatic heterocycles. The molecule has 1 aromatic heterocycles. The highest BCUT2D eigenvalue weighted by Crippen LogP contribution is 2.24. The van der Waals surface area contributed by atoms with Crippen LogP contribution in [-0.4, -0.2) is 27.6 Å². The summed E-state index contributed by atoms with van der Waals surface area (Å²) in [6.45, 7) is 6.41. The van der Waals surface area contributed by atoms with Crippen LogP contribution >= 0.6 is 11.8 Å². The summed E-state index contributed by atoms with van der Waals surface area (Å²) in [5, 5.41) is 12.6. The van der Waals surface area contributed by atoms with E-state index in [2.05, 4.69) is 53.6 Å². The fourth-order valence-corrected chi connectivity index (χ4v) is 3.23. The molecule has 5 heteroatoms. The summed E-state index contributed by atoms with van der Waals surface area (Å²) in [6.07, 6.45) is 0. The Labute approximate surface area is 131 Å².